The van der Waals surface area contributed by atoms with Crippen LogP contribution in [-0.2, 0) is 29.0 Å². The number of carbonyl (C=O) groups is 3. The molecule has 2 amide bonds. The Kier molecular flexibility index (Phi) is 5.58. The zero-order chi connectivity index (χ0) is 17.9. The molecule has 9 nitrogen and oxygen atoms in total. The van der Waals surface area contributed by atoms with Gasteiger partial charge >= 0.3 is 5.97 Å². The summed E-state index contributed by atoms with van der Waals surface area (Å²) in [7, 11) is -3.17. The summed E-state index contributed by atoms with van der Waals surface area (Å²) in [4.78, 5) is 35.7. The molecular weight excluding hydrogens is 338 g/mol. The number of hydrazone groups is 1. The molecule has 0 bridgehead atoms. The molecule has 134 valence electrons. The van der Waals surface area contributed by atoms with E-state index in [9.17, 15) is 22.8 Å². The van der Waals surface area contributed by atoms with E-state index >= 15 is 0 Å². The van der Waals surface area contributed by atoms with E-state index < -0.39 is 33.9 Å². The lowest BCUT2D eigenvalue weighted by Crippen LogP contribution is -2.43. The van der Waals surface area contributed by atoms with Crippen LogP contribution in [-0.4, -0.2) is 67.1 Å². The fourth-order valence-corrected chi connectivity index (χ4v) is 4.26. The van der Waals surface area contributed by atoms with Gasteiger partial charge in [-0.2, -0.15) is 5.10 Å². The number of nitrogens with one attached hydrogen (secondary N) is 1. The van der Waals surface area contributed by atoms with E-state index in [0.717, 1.165) is 5.01 Å². The molecule has 0 aromatic carbocycles. The Morgan fingerprint density at radius 3 is 2.71 bits per heavy atom. The van der Waals surface area contributed by atoms with Crippen molar-refractivity contribution in [2.24, 2.45) is 5.10 Å². The molecule has 0 unspecified atom stereocenters. The molecular formula is C14H21N3O6S. The Morgan fingerprint density at radius 1 is 1.42 bits per heavy atom. The second kappa shape index (κ2) is 7.29. The number of esters is 1. The second-order valence-electron chi connectivity index (χ2n) is 5.78. The monoisotopic (exact) mass is 359 g/mol. The fourth-order valence-electron chi connectivity index (χ4n) is 2.57. The highest BCUT2D eigenvalue weighted by atomic mass is 32.2. The number of amides is 2. The lowest BCUT2D eigenvalue weighted by atomic mass is 10.1. The molecule has 0 spiro atoms. The van der Waals surface area contributed by atoms with Gasteiger partial charge in [0.1, 0.15) is 5.71 Å². The van der Waals surface area contributed by atoms with Crippen LogP contribution >= 0.6 is 0 Å². The number of rotatable bonds is 5. The molecule has 1 saturated heterocycles. The first-order valence-corrected chi connectivity index (χ1v) is 9.64. The highest BCUT2D eigenvalue weighted by Crippen LogP contribution is 2.22. The summed E-state index contributed by atoms with van der Waals surface area (Å²) in [6.45, 7) is 3.61. The van der Waals surface area contributed by atoms with Gasteiger partial charge in [-0.1, -0.05) is 0 Å². The lowest BCUT2D eigenvalue weighted by molar-refractivity contribution is -0.149. The van der Waals surface area contributed by atoms with E-state index in [2.05, 4.69) is 10.4 Å². The summed E-state index contributed by atoms with van der Waals surface area (Å²) in [6, 6.07) is -0.550. The van der Waals surface area contributed by atoms with E-state index in [1.54, 1.807) is 6.92 Å². The molecule has 2 atom stereocenters. The van der Waals surface area contributed by atoms with Crippen LogP contribution in [0.15, 0.2) is 5.10 Å². The molecule has 10 heteroatoms. The zero-order valence-corrected chi connectivity index (χ0v) is 14.5. The summed E-state index contributed by atoms with van der Waals surface area (Å²) in [5.74, 6) is -1.65. The molecule has 1 fully saturated rings. The fraction of sp³-hybridized carbons (Fsp3) is 0.714. The molecule has 0 aromatic heterocycles. The van der Waals surface area contributed by atoms with Crippen molar-refractivity contribution in [1.82, 2.24) is 10.3 Å². The van der Waals surface area contributed by atoms with Gasteiger partial charge < -0.3 is 10.1 Å². The summed E-state index contributed by atoms with van der Waals surface area (Å²) in [5, 5.41) is 7.62. The minimum atomic E-state index is -3.17. The summed E-state index contributed by atoms with van der Waals surface area (Å²) < 4.78 is 28.2. The van der Waals surface area contributed by atoms with E-state index in [0.29, 0.717) is 13.0 Å². The van der Waals surface area contributed by atoms with Gasteiger partial charge in [-0.25, -0.2) is 18.2 Å². The third-order valence-corrected chi connectivity index (χ3v) is 5.60. The highest BCUT2D eigenvalue weighted by Gasteiger charge is 2.37. The molecule has 0 saturated carbocycles. The molecule has 0 radical (unpaired) electrons. The van der Waals surface area contributed by atoms with Gasteiger partial charge in [0, 0.05) is 19.4 Å². The van der Waals surface area contributed by atoms with E-state index in [1.165, 1.54) is 6.92 Å². The first-order chi connectivity index (χ1) is 11.2. The van der Waals surface area contributed by atoms with Gasteiger partial charge in [-0.05, 0) is 20.3 Å². The van der Waals surface area contributed by atoms with Gasteiger partial charge in [-0.3, -0.25) is 9.59 Å². The number of hydrogen-bond acceptors (Lipinski definition) is 7. The Morgan fingerprint density at radius 2 is 2.12 bits per heavy atom. The third-order valence-electron chi connectivity index (χ3n) is 3.85. The van der Waals surface area contributed by atoms with Gasteiger partial charge in [0.25, 0.3) is 5.91 Å². The average Bonchev–Trinajstić information content (AvgIpc) is 2.87. The van der Waals surface area contributed by atoms with Crippen molar-refractivity contribution in [1.29, 1.82) is 0 Å². The number of hydrogen-bond donors (Lipinski definition) is 1. The minimum Gasteiger partial charge on any atom is -0.448 e. The van der Waals surface area contributed by atoms with Crippen LogP contribution in [0.5, 0.6) is 0 Å². The molecule has 2 rings (SSSR count). The van der Waals surface area contributed by atoms with E-state index in [-0.39, 0.29) is 36.0 Å². The molecule has 2 heterocycles. The summed E-state index contributed by atoms with van der Waals surface area (Å²) in [6.07, 6.45) is -0.511. The first-order valence-electron chi connectivity index (χ1n) is 7.82. The van der Waals surface area contributed by atoms with Crippen molar-refractivity contribution in [3.8, 4) is 0 Å². The summed E-state index contributed by atoms with van der Waals surface area (Å²) in [5.41, 5.74) is 0.0232. The maximum absolute atomic E-state index is 12.1. The largest absolute Gasteiger partial charge is 0.448 e. The van der Waals surface area contributed by atoms with Gasteiger partial charge in [-0.15, -0.1) is 0 Å². The van der Waals surface area contributed by atoms with Crippen molar-refractivity contribution in [2.45, 2.75) is 45.3 Å². The summed E-state index contributed by atoms with van der Waals surface area (Å²) >= 11 is 0. The molecule has 0 aliphatic carbocycles. The van der Waals surface area contributed by atoms with Crippen LogP contribution in [0, 0.1) is 0 Å². The van der Waals surface area contributed by atoms with Crippen molar-refractivity contribution in [2.75, 3.05) is 18.1 Å². The number of nitrogens with zero attached hydrogens (tertiary/aromatic N) is 2. The van der Waals surface area contributed by atoms with Gasteiger partial charge in [0.2, 0.25) is 5.91 Å². The Balaban J connectivity index is 2.07. The van der Waals surface area contributed by atoms with Crippen LogP contribution in [0.4, 0.5) is 0 Å². The van der Waals surface area contributed by atoms with Crippen molar-refractivity contribution < 1.29 is 27.5 Å². The van der Waals surface area contributed by atoms with Gasteiger partial charge in [0.05, 0.1) is 17.5 Å². The van der Waals surface area contributed by atoms with Crippen LogP contribution in [0.1, 0.15) is 33.1 Å². The lowest BCUT2D eigenvalue weighted by Gasteiger charge is -2.27. The normalized spacial score (nSPS) is 24.2. The van der Waals surface area contributed by atoms with Gasteiger partial charge in [0.15, 0.2) is 15.9 Å². The van der Waals surface area contributed by atoms with Crippen LogP contribution in [0.25, 0.3) is 0 Å². The number of ether oxygens (including phenoxy) is 1. The van der Waals surface area contributed by atoms with Crippen LogP contribution < -0.4 is 5.32 Å². The Labute approximate surface area is 140 Å². The quantitative estimate of drug-likeness (QED) is 0.643. The smallest absolute Gasteiger partial charge is 0.355 e. The van der Waals surface area contributed by atoms with Crippen molar-refractivity contribution in [3.05, 3.63) is 0 Å². The predicted octanol–water partition coefficient (Wildman–Crippen LogP) is -0.780. The maximum atomic E-state index is 12.1. The Bertz CT molecular complexity index is 672. The average molecular weight is 359 g/mol. The van der Waals surface area contributed by atoms with Crippen molar-refractivity contribution in [3.63, 3.8) is 0 Å². The first kappa shape index (κ1) is 18.4. The molecule has 1 N–H and O–H groups in total. The second-order valence-corrected chi connectivity index (χ2v) is 8.01. The van der Waals surface area contributed by atoms with E-state index in [4.69, 9.17) is 4.74 Å². The van der Waals surface area contributed by atoms with Crippen LogP contribution in [0.3, 0.4) is 0 Å². The minimum absolute atomic E-state index is 0.00493. The molecule has 2 aliphatic rings. The van der Waals surface area contributed by atoms with Crippen LogP contribution in [0.2, 0.25) is 0 Å². The maximum Gasteiger partial charge on any atom is 0.355 e. The topological polar surface area (TPSA) is 122 Å². The number of sulfone groups is 1. The molecule has 2 aliphatic heterocycles. The molecule has 24 heavy (non-hydrogen) atoms. The van der Waals surface area contributed by atoms with Crippen molar-refractivity contribution >= 4 is 33.3 Å². The van der Waals surface area contributed by atoms with E-state index in [1.807, 2.05) is 0 Å². The standard InChI is InChI=1S/C14H21N3O6S/c1-3-15-13(19)9(2)23-14(20)11-4-5-12(18)17(16-11)10-6-7-24(21,22)8-10/h9-10H,3-8H2,1-2H3,(H,15,19)/t9-,10+/m1/s1. The Hall–Kier alpha value is -1.97. The SMILES string of the molecule is CCNC(=O)[C@@H](C)OC(=O)C1=NN([C@H]2CCS(=O)(=O)C2)C(=O)CC1. The third kappa shape index (κ3) is 4.31. The molecule has 0 aromatic rings. The number of carbonyl (C=O) groups excluding carboxylic acids is 3. The predicted molar refractivity (Wildman–Crippen MR) is 84.8 cm³/mol. The number of likely N-dealkylation sites (N-methyl/N-ethyl adjacent to an activating group) is 1. The zero-order valence-electron chi connectivity index (χ0n) is 13.6. The highest BCUT2D eigenvalue weighted by molar-refractivity contribution is 7.91.